The van der Waals surface area contributed by atoms with E-state index in [9.17, 15) is 0 Å². The molecule has 0 heterocycles. The van der Waals surface area contributed by atoms with Gasteiger partial charge in [-0.2, -0.15) is 0 Å². The van der Waals surface area contributed by atoms with Crippen LogP contribution in [0.25, 0.3) is 0 Å². The summed E-state index contributed by atoms with van der Waals surface area (Å²) in [6, 6.07) is 20.3. The third-order valence-electron chi connectivity index (χ3n) is 9.65. The lowest BCUT2D eigenvalue weighted by molar-refractivity contribution is -0.890. The summed E-state index contributed by atoms with van der Waals surface area (Å²) < 4.78 is 13.8. The summed E-state index contributed by atoms with van der Waals surface area (Å²) in [5, 5.41) is 0. The molecule has 2 aromatic carbocycles. The van der Waals surface area contributed by atoms with E-state index in [1.54, 1.807) is 0 Å². The van der Waals surface area contributed by atoms with Crippen LogP contribution in [0.5, 0.6) is 11.5 Å². The van der Waals surface area contributed by atoms with E-state index in [1.807, 2.05) is 60.7 Å². The minimum Gasteiger partial charge on any atom is -0.488 e. The zero-order valence-electron chi connectivity index (χ0n) is 32.9. The minimum atomic E-state index is 0.800. The van der Waals surface area contributed by atoms with Crippen LogP contribution in [0.15, 0.2) is 60.7 Å². The number of quaternary nitrogens is 2. The average Bonchev–Trinajstić information content (AvgIpc) is 3.07. The van der Waals surface area contributed by atoms with Crippen molar-refractivity contribution in [2.24, 2.45) is 0 Å². The van der Waals surface area contributed by atoms with Gasteiger partial charge in [0, 0.05) is 0 Å². The first kappa shape index (κ1) is 44.0. The van der Waals surface area contributed by atoms with Gasteiger partial charge in [-0.25, -0.2) is 0 Å². The molecular weight excluding hydrogens is 588 g/mol. The van der Waals surface area contributed by atoms with E-state index in [-0.39, 0.29) is 0 Å². The van der Waals surface area contributed by atoms with E-state index in [0.717, 1.165) is 46.8 Å². The minimum absolute atomic E-state index is 0.800. The Labute approximate surface area is 299 Å². The highest BCUT2D eigenvalue weighted by Gasteiger charge is 2.15. The molecule has 0 N–H and O–H groups in total. The molecule has 0 saturated carbocycles. The lowest BCUT2D eigenvalue weighted by Gasteiger charge is -2.29. The van der Waals surface area contributed by atoms with Crippen molar-refractivity contribution in [1.82, 2.24) is 0 Å². The van der Waals surface area contributed by atoms with Crippen molar-refractivity contribution in [2.45, 2.75) is 142 Å². The van der Waals surface area contributed by atoms with Gasteiger partial charge in [0.05, 0.1) is 41.3 Å². The Morgan fingerprint density at radius 2 is 0.625 bits per heavy atom. The number of nitrogens with zero attached hydrogens (tertiary/aromatic N) is 2. The van der Waals surface area contributed by atoms with Gasteiger partial charge < -0.3 is 18.4 Å². The van der Waals surface area contributed by atoms with Gasteiger partial charge in [0.1, 0.15) is 37.8 Å². The number of hydrogen-bond donors (Lipinski definition) is 0. The van der Waals surface area contributed by atoms with Crippen molar-refractivity contribution < 1.29 is 18.4 Å². The molecule has 0 radical (unpaired) electrons. The first-order valence-electron chi connectivity index (χ1n) is 20.3. The molecule has 0 aromatic heterocycles. The average molecular weight is 669 g/mol. The standard InChI is InChI=1S/2C22H40NO/c2*1-4-5-6-7-8-9-10-11-12-16-19-23(2,3)20-21-24-22-17-14-13-15-18-22/h2*13-15,17-18H,4-12,16,19-21H2,1-3H3/q2*+1. The molecule has 0 amide bonds. The SMILES string of the molecule is CCCCCCCCCCCC[N+](C)(C)CCOc1ccccc1.CCCCCCCCCCCC[N+](C)(C)CCOc1ccccc1. The fourth-order valence-corrected chi connectivity index (χ4v) is 6.13. The van der Waals surface area contributed by atoms with Crippen molar-refractivity contribution in [1.29, 1.82) is 0 Å². The summed E-state index contributed by atoms with van der Waals surface area (Å²) in [6.07, 6.45) is 28.2. The van der Waals surface area contributed by atoms with Gasteiger partial charge in [0.25, 0.3) is 0 Å². The van der Waals surface area contributed by atoms with E-state index < -0.39 is 0 Å². The van der Waals surface area contributed by atoms with Crippen LogP contribution in [-0.4, -0.2) is 76.5 Å². The third kappa shape index (κ3) is 27.9. The van der Waals surface area contributed by atoms with Crippen LogP contribution in [0, 0.1) is 0 Å². The van der Waals surface area contributed by atoms with Crippen LogP contribution in [0.4, 0.5) is 0 Å². The van der Waals surface area contributed by atoms with Crippen molar-refractivity contribution in [2.75, 3.05) is 67.6 Å². The molecule has 0 aliphatic heterocycles. The lowest BCUT2D eigenvalue weighted by atomic mass is 10.1. The third-order valence-corrected chi connectivity index (χ3v) is 9.65. The number of hydrogen-bond acceptors (Lipinski definition) is 2. The quantitative estimate of drug-likeness (QED) is 0.0609. The van der Waals surface area contributed by atoms with Gasteiger partial charge in [-0.1, -0.05) is 153 Å². The maximum Gasteiger partial charge on any atom is 0.137 e. The van der Waals surface area contributed by atoms with Gasteiger partial charge in [-0.3, -0.25) is 0 Å². The molecule has 0 saturated heterocycles. The molecule has 4 heteroatoms. The summed E-state index contributed by atoms with van der Waals surface area (Å²) in [6.45, 7) is 10.8. The summed E-state index contributed by atoms with van der Waals surface area (Å²) in [7, 11) is 9.29. The number of ether oxygens (including phenoxy) is 2. The second-order valence-corrected chi connectivity index (χ2v) is 15.5. The van der Waals surface area contributed by atoms with E-state index >= 15 is 0 Å². The van der Waals surface area contributed by atoms with E-state index in [2.05, 4.69) is 42.0 Å². The maximum absolute atomic E-state index is 5.83. The Morgan fingerprint density at radius 3 is 0.917 bits per heavy atom. The Morgan fingerprint density at radius 1 is 0.354 bits per heavy atom. The van der Waals surface area contributed by atoms with E-state index in [0.29, 0.717) is 0 Å². The van der Waals surface area contributed by atoms with Gasteiger partial charge in [0.15, 0.2) is 0 Å². The number of benzene rings is 2. The Balaban J connectivity index is 0.000000480. The molecule has 0 bridgehead atoms. The highest BCUT2D eigenvalue weighted by Crippen LogP contribution is 2.14. The number of unbranched alkanes of at least 4 members (excludes halogenated alkanes) is 18. The smallest absolute Gasteiger partial charge is 0.137 e. The fourth-order valence-electron chi connectivity index (χ4n) is 6.13. The molecule has 0 aliphatic carbocycles. The molecule has 0 spiro atoms. The normalized spacial score (nSPS) is 11.6. The molecule has 0 fully saturated rings. The number of likely N-dealkylation sites (N-methyl/N-ethyl adjacent to an activating group) is 2. The molecule has 2 aromatic rings. The molecule has 4 nitrogen and oxygen atoms in total. The second-order valence-electron chi connectivity index (χ2n) is 15.5. The van der Waals surface area contributed by atoms with E-state index in [1.165, 1.54) is 142 Å². The van der Waals surface area contributed by atoms with Crippen molar-refractivity contribution in [3.05, 3.63) is 60.7 Å². The van der Waals surface area contributed by atoms with Crippen LogP contribution >= 0.6 is 0 Å². The number of rotatable bonds is 30. The van der Waals surface area contributed by atoms with Crippen molar-refractivity contribution in [3.8, 4) is 11.5 Å². The van der Waals surface area contributed by atoms with Gasteiger partial charge in [-0.15, -0.1) is 0 Å². The Kier molecular flexibility index (Phi) is 27.3. The zero-order valence-corrected chi connectivity index (χ0v) is 32.9. The fraction of sp³-hybridized carbons (Fsp3) is 0.727. The Hall–Kier alpha value is -2.04. The van der Waals surface area contributed by atoms with Crippen LogP contribution < -0.4 is 9.47 Å². The first-order chi connectivity index (χ1) is 23.3. The lowest BCUT2D eigenvalue weighted by Crippen LogP contribution is -2.43. The summed E-state index contributed by atoms with van der Waals surface area (Å²) in [4.78, 5) is 0. The molecule has 0 atom stereocenters. The summed E-state index contributed by atoms with van der Waals surface area (Å²) in [5.41, 5.74) is 0. The van der Waals surface area contributed by atoms with Gasteiger partial charge >= 0.3 is 0 Å². The number of para-hydroxylation sites is 2. The Bertz CT molecular complexity index is 854. The van der Waals surface area contributed by atoms with Crippen molar-refractivity contribution in [3.63, 3.8) is 0 Å². The molecule has 0 aliphatic rings. The predicted molar refractivity (Wildman–Crippen MR) is 211 cm³/mol. The van der Waals surface area contributed by atoms with E-state index in [4.69, 9.17) is 9.47 Å². The topological polar surface area (TPSA) is 18.5 Å². The van der Waals surface area contributed by atoms with Gasteiger partial charge in [0.2, 0.25) is 0 Å². The van der Waals surface area contributed by atoms with Crippen molar-refractivity contribution >= 4 is 0 Å². The molecule has 2 rings (SSSR count). The molecule has 48 heavy (non-hydrogen) atoms. The van der Waals surface area contributed by atoms with Gasteiger partial charge in [-0.05, 0) is 49.9 Å². The largest absolute Gasteiger partial charge is 0.488 e. The highest BCUT2D eigenvalue weighted by molar-refractivity contribution is 5.21. The highest BCUT2D eigenvalue weighted by atomic mass is 16.5. The maximum atomic E-state index is 5.83. The molecule has 0 unspecified atom stereocenters. The second kappa shape index (κ2) is 29.8. The predicted octanol–water partition coefficient (Wildman–Crippen LogP) is 12.1. The van der Waals surface area contributed by atoms with Crippen LogP contribution in [0.1, 0.15) is 142 Å². The monoisotopic (exact) mass is 669 g/mol. The first-order valence-corrected chi connectivity index (χ1v) is 20.3. The zero-order chi connectivity index (χ0) is 35.0. The molecular formula is C44H80N2O2+2. The van der Waals surface area contributed by atoms with Crippen LogP contribution in [-0.2, 0) is 0 Å². The summed E-state index contributed by atoms with van der Waals surface area (Å²) in [5.74, 6) is 1.97. The summed E-state index contributed by atoms with van der Waals surface area (Å²) >= 11 is 0. The van der Waals surface area contributed by atoms with Crippen LogP contribution in [0.2, 0.25) is 0 Å². The molecule has 276 valence electrons. The van der Waals surface area contributed by atoms with Crippen LogP contribution in [0.3, 0.4) is 0 Å².